The molecule has 0 spiro atoms. The molecule has 37 heavy (non-hydrogen) atoms. The Kier molecular flexibility index (Phi) is 5.97. The third-order valence-electron chi connectivity index (χ3n) is 7.04. The Hall–Kier alpha value is -4.91. The van der Waals surface area contributed by atoms with Crippen molar-refractivity contribution in [1.29, 1.82) is 5.26 Å². The lowest BCUT2D eigenvalue weighted by Gasteiger charge is -2.35. The molecule has 180 valence electrons. The molecule has 0 aliphatic heterocycles. The van der Waals surface area contributed by atoms with Gasteiger partial charge in [-0.2, -0.15) is 5.26 Å². The van der Waals surface area contributed by atoms with Crippen LogP contribution in [0.5, 0.6) is 0 Å². The van der Waals surface area contributed by atoms with Crippen molar-refractivity contribution >= 4 is 10.9 Å². The van der Waals surface area contributed by atoms with E-state index in [4.69, 9.17) is 6.42 Å². The molecular weight excluding hydrogens is 458 g/mol. The van der Waals surface area contributed by atoms with E-state index in [1.807, 2.05) is 85.5 Å². The van der Waals surface area contributed by atoms with Crippen LogP contribution >= 0.6 is 0 Å². The maximum Gasteiger partial charge on any atom is 0.251 e. The zero-order valence-corrected chi connectivity index (χ0v) is 20.9. The number of terminal acetylenes is 1. The van der Waals surface area contributed by atoms with Gasteiger partial charge in [-0.05, 0) is 65.7 Å². The number of hydrogen-bond donors (Lipinski definition) is 1. The summed E-state index contributed by atoms with van der Waals surface area (Å²) >= 11 is 0. The zero-order valence-electron chi connectivity index (χ0n) is 20.9. The highest BCUT2D eigenvalue weighted by Gasteiger charge is 2.37. The van der Waals surface area contributed by atoms with Crippen LogP contribution < -0.4 is 10.9 Å². The van der Waals surface area contributed by atoms with E-state index in [-0.39, 0.29) is 5.56 Å². The first-order valence-electron chi connectivity index (χ1n) is 11.8. The topological polar surface area (TPSA) is 75.6 Å². The number of fused-ring (bicyclic) bond motifs is 1. The predicted octanol–water partition coefficient (Wildman–Crippen LogP) is 4.30. The summed E-state index contributed by atoms with van der Waals surface area (Å²) in [5.41, 5.74) is 5.81. The van der Waals surface area contributed by atoms with Crippen LogP contribution in [0.2, 0.25) is 0 Å². The van der Waals surface area contributed by atoms with Crippen molar-refractivity contribution in [3.63, 3.8) is 0 Å². The van der Waals surface area contributed by atoms with Gasteiger partial charge < -0.3 is 14.5 Å². The van der Waals surface area contributed by atoms with Crippen LogP contribution in [0.3, 0.4) is 0 Å². The molecule has 0 saturated heterocycles. The van der Waals surface area contributed by atoms with Gasteiger partial charge in [0.15, 0.2) is 0 Å². The largest absolute Gasteiger partial charge is 0.335 e. The first kappa shape index (κ1) is 23.8. The van der Waals surface area contributed by atoms with E-state index in [1.165, 1.54) is 0 Å². The number of nitriles is 1. The Morgan fingerprint density at radius 3 is 2.38 bits per heavy atom. The fraction of sp³-hybridized carbons (Fsp3) is 0.129. The van der Waals surface area contributed by atoms with Gasteiger partial charge in [-0.15, -0.1) is 6.42 Å². The number of aryl methyl sites for hydroxylation is 2. The number of hydrogen-bond acceptors (Lipinski definition) is 4. The number of nitrogens with zero attached hydrogens (tertiary/aromatic N) is 4. The molecule has 0 aliphatic carbocycles. The molecule has 0 aliphatic rings. The van der Waals surface area contributed by atoms with Gasteiger partial charge in [0.25, 0.3) is 5.56 Å². The predicted molar refractivity (Wildman–Crippen MR) is 146 cm³/mol. The third kappa shape index (κ3) is 3.81. The van der Waals surface area contributed by atoms with Crippen LogP contribution in [0.25, 0.3) is 22.0 Å². The lowest BCUT2D eigenvalue weighted by Crippen LogP contribution is -2.43. The summed E-state index contributed by atoms with van der Waals surface area (Å²) in [6, 6.07) is 25.2. The smallest absolute Gasteiger partial charge is 0.251 e. The van der Waals surface area contributed by atoms with Gasteiger partial charge in [-0.3, -0.25) is 4.79 Å². The maximum atomic E-state index is 12.9. The van der Waals surface area contributed by atoms with E-state index in [2.05, 4.69) is 28.4 Å². The van der Waals surface area contributed by atoms with Crippen molar-refractivity contribution in [3.05, 3.63) is 124 Å². The molecule has 1 atom stereocenters. The van der Waals surface area contributed by atoms with Gasteiger partial charge in [0.1, 0.15) is 5.54 Å². The molecule has 5 aromatic rings. The lowest BCUT2D eigenvalue weighted by molar-refractivity contribution is 0.493. The molecule has 0 radical (unpaired) electrons. The molecule has 0 saturated carbocycles. The zero-order chi connectivity index (χ0) is 26.2. The van der Waals surface area contributed by atoms with Gasteiger partial charge in [0.05, 0.1) is 35.4 Å². The van der Waals surface area contributed by atoms with Crippen molar-refractivity contribution in [1.82, 2.24) is 19.4 Å². The highest BCUT2D eigenvalue weighted by molar-refractivity contribution is 5.95. The fourth-order valence-corrected chi connectivity index (χ4v) is 5.10. The monoisotopic (exact) mass is 483 g/mol. The van der Waals surface area contributed by atoms with Gasteiger partial charge >= 0.3 is 0 Å². The molecule has 3 aromatic carbocycles. The van der Waals surface area contributed by atoms with Crippen LogP contribution in [0.15, 0.2) is 90.1 Å². The summed E-state index contributed by atoms with van der Waals surface area (Å²) in [4.78, 5) is 17.3. The Balaban J connectivity index is 1.86. The minimum atomic E-state index is -0.778. The minimum Gasteiger partial charge on any atom is -0.335 e. The number of rotatable bonds is 5. The van der Waals surface area contributed by atoms with E-state index < -0.39 is 5.54 Å². The second-order valence-electron chi connectivity index (χ2n) is 8.99. The van der Waals surface area contributed by atoms with Gasteiger partial charge in [0.2, 0.25) is 0 Å². The Morgan fingerprint density at radius 1 is 0.973 bits per heavy atom. The van der Waals surface area contributed by atoms with E-state index in [0.717, 1.165) is 44.4 Å². The van der Waals surface area contributed by atoms with Crippen LogP contribution in [0.1, 0.15) is 27.9 Å². The molecule has 6 heteroatoms. The maximum absolute atomic E-state index is 12.9. The number of pyridine rings is 1. The summed E-state index contributed by atoms with van der Waals surface area (Å²) in [5.74, 6) is 2.69. The third-order valence-corrected chi connectivity index (χ3v) is 7.04. The SMILES string of the molecule is C#Cc1cccc(-c2cc(=O)n(C)c3ccc([C@](NC)(c4ccc(C#N)cc4)c4cncn4C)cc23)c1. The van der Waals surface area contributed by atoms with E-state index in [9.17, 15) is 10.1 Å². The molecule has 6 nitrogen and oxygen atoms in total. The van der Waals surface area contributed by atoms with E-state index in [0.29, 0.717) is 5.56 Å². The highest BCUT2D eigenvalue weighted by Crippen LogP contribution is 2.39. The van der Waals surface area contributed by atoms with E-state index >= 15 is 0 Å². The number of aromatic nitrogens is 3. The molecule has 0 unspecified atom stereocenters. The molecule has 1 N–H and O–H groups in total. The average molecular weight is 484 g/mol. The molecule has 5 rings (SSSR count). The second-order valence-corrected chi connectivity index (χ2v) is 8.99. The van der Waals surface area contributed by atoms with Gasteiger partial charge in [0, 0.05) is 31.1 Å². The van der Waals surface area contributed by atoms with Crippen LogP contribution in [0.4, 0.5) is 0 Å². The van der Waals surface area contributed by atoms with Crippen molar-refractivity contribution in [3.8, 4) is 29.5 Å². The highest BCUT2D eigenvalue weighted by atomic mass is 16.1. The summed E-state index contributed by atoms with van der Waals surface area (Å²) < 4.78 is 3.64. The van der Waals surface area contributed by atoms with Crippen LogP contribution in [0, 0.1) is 23.7 Å². The Bertz CT molecular complexity index is 1780. The molecule has 0 amide bonds. The van der Waals surface area contributed by atoms with Crippen molar-refractivity contribution in [2.75, 3.05) is 7.05 Å². The second kappa shape index (κ2) is 9.28. The number of nitrogens with one attached hydrogen (secondary N) is 1. The minimum absolute atomic E-state index is 0.0973. The average Bonchev–Trinajstić information content (AvgIpc) is 3.37. The summed E-state index contributed by atoms with van der Waals surface area (Å²) in [6.45, 7) is 0. The molecule has 0 fully saturated rings. The standard InChI is InChI=1S/C31H25N5O/c1-5-21-7-6-8-23(15-21)26-17-30(37)36(4)28-14-13-25(16-27(26)28)31(33-2,29-19-34-20-35(29)3)24-11-9-22(18-32)10-12-24/h1,6-17,19-20,33H,2-4H3/t31-/m1/s1. The quantitative estimate of drug-likeness (QED) is 0.378. The molecule has 0 bridgehead atoms. The van der Waals surface area contributed by atoms with Crippen molar-refractivity contribution < 1.29 is 0 Å². The molecular formula is C31H25N5O. The lowest BCUT2D eigenvalue weighted by atomic mass is 9.79. The number of benzene rings is 3. The fourth-order valence-electron chi connectivity index (χ4n) is 5.10. The molecule has 2 heterocycles. The normalized spacial score (nSPS) is 12.6. The first-order chi connectivity index (χ1) is 17.9. The first-order valence-corrected chi connectivity index (χ1v) is 11.8. The van der Waals surface area contributed by atoms with E-state index in [1.54, 1.807) is 24.0 Å². The van der Waals surface area contributed by atoms with Crippen molar-refractivity contribution in [2.45, 2.75) is 5.54 Å². The number of imidazole rings is 1. The van der Waals surface area contributed by atoms with Crippen molar-refractivity contribution in [2.24, 2.45) is 14.1 Å². The van der Waals surface area contributed by atoms with Crippen LogP contribution in [-0.2, 0) is 19.6 Å². The van der Waals surface area contributed by atoms with Gasteiger partial charge in [-0.25, -0.2) is 4.98 Å². The Labute approximate surface area is 215 Å². The van der Waals surface area contributed by atoms with Crippen LogP contribution in [-0.4, -0.2) is 21.2 Å². The Morgan fingerprint density at radius 2 is 1.73 bits per heavy atom. The molecule has 2 aromatic heterocycles. The summed E-state index contributed by atoms with van der Waals surface area (Å²) in [5, 5.41) is 13.8. The van der Waals surface area contributed by atoms with Gasteiger partial charge in [-0.1, -0.05) is 36.3 Å². The summed E-state index contributed by atoms with van der Waals surface area (Å²) in [7, 11) is 5.64. The summed E-state index contributed by atoms with van der Waals surface area (Å²) in [6.07, 6.45) is 9.28.